The molecule has 0 aliphatic heterocycles. The lowest BCUT2D eigenvalue weighted by Crippen LogP contribution is -2.26. The summed E-state index contributed by atoms with van der Waals surface area (Å²) in [6.45, 7) is 1.79. The number of hydrogen-bond donors (Lipinski definition) is 2. The summed E-state index contributed by atoms with van der Waals surface area (Å²) in [7, 11) is -3.68. The third-order valence-corrected chi connectivity index (χ3v) is 7.38. The van der Waals surface area contributed by atoms with Crippen LogP contribution in [-0.4, -0.2) is 14.3 Å². The van der Waals surface area contributed by atoms with Crippen LogP contribution in [0.1, 0.15) is 30.5 Å². The van der Waals surface area contributed by atoms with Gasteiger partial charge in [-0.15, -0.1) is 0 Å². The van der Waals surface area contributed by atoms with Gasteiger partial charge in [0.05, 0.1) is 25.7 Å². The standard InChI is InChI=1S/C23H21Cl3N2O3S/c1-15(17-5-3-2-4-6-17)28-32(30,31)18-10-7-16(8-11-18)9-12-23(29)27-22-14-20(25)19(24)13-21(22)26/h2-8,10-11,13-15,28H,9,12H2,1H3,(H,27,29)/t15-/m1/s1. The molecule has 5 nitrogen and oxygen atoms in total. The molecule has 1 amide bonds. The number of rotatable bonds is 8. The van der Waals surface area contributed by atoms with Crippen LogP contribution in [-0.2, 0) is 21.2 Å². The predicted molar refractivity (Wildman–Crippen MR) is 130 cm³/mol. The summed E-state index contributed by atoms with van der Waals surface area (Å²) in [6, 6.07) is 18.4. The molecule has 0 saturated heterocycles. The van der Waals surface area contributed by atoms with Gasteiger partial charge in [0, 0.05) is 12.5 Å². The second kappa shape index (κ2) is 10.7. The third-order valence-electron chi connectivity index (χ3n) is 4.79. The van der Waals surface area contributed by atoms with E-state index in [2.05, 4.69) is 10.0 Å². The van der Waals surface area contributed by atoms with Crippen molar-refractivity contribution in [1.82, 2.24) is 4.72 Å². The zero-order valence-corrected chi connectivity index (χ0v) is 20.2. The molecule has 0 spiro atoms. The zero-order chi connectivity index (χ0) is 23.3. The van der Waals surface area contributed by atoms with Gasteiger partial charge in [-0.05, 0) is 48.7 Å². The van der Waals surface area contributed by atoms with Crippen molar-refractivity contribution in [2.24, 2.45) is 0 Å². The van der Waals surface area contributed by atoms with Crippen LogP contribution in [0, 0.1) is 0 Å². The molecule has 3 rings (SSSR count). The summed E-state index contributed by atoms with van der Waals surface area (Å²) >= 11 is 17.9. The number of amides is 1. The van der Waals surface area contributed by atoms with Crippen LogP contribution in [0.15, 0.2) is 71.6 Å². The highest BCUT2D eigenvalue weighted by Gasteiger charge is 2.18. The number of aryl methyl sites for hydroxylation is 1. The van der Waals surface area contributed by atoms with Gasteiger partial charge in [-0.1, -0.05) is 77.3 Å². The Morgan fingerprint density at radius 3 is 2.19 bits per heavy atom. The van der Waals surface area contributed by atoms with Gasteiger partial charge >= 0.3 is 0 Å². The highest BCUT2D eigenvalue weighted by Crippen LogP contribution is 2.32. The molecule has 0 saturated carbocycles. The highest BCUT2D eigenvalue weighted by atomic mass is 35.5. The van der Waals surface area contributed by atoms with E-state index in [1.165, 1.54) is 24.3 Å². The van der Waals surface area contributed by atoms with Gasteiger partial charge in [-0.3, -0.25) is 4.79 Å². The molecule has 0 radical (unpaired) electrons. The Morgan fingerprint density at radius 2 is 1.53 bits per heavy atom. The first kappa shape index (κ1) is 24.6. The van der Waals surface area contributed by atoms with E-state index in [4.69, 9.17) is 34.8 Å². The second-order valence-corrected chi connectivity index (χ2v) is 10.1. The lowest BCUT2D eigenvalue weighted by molar-refractivity contribution is -0.116. The lowest BCUT2D eigenvalue weighted by atomic mass is 10.1. The monoisotopic (exact) mass is 510 g/mol. The van der Waals surface area contributed by atoms with Gasteiger partial charge in [-0.25, -0.2) is 13.1 Å². The van der Waals surface area contributed by atoms with Crippen molar-refractivity contribution < 1.29 is 13.2 Å². The smallest absolute Gasteiger partial charge is 0.241 e. The average Bonchev–Trinajstić information content (AvgIpc) is 2.76. The summed E-state index contributed by atoms with van der Waals surface area (Å²) in [5.41, 5.74) is 2.09. The molecule has 0 fully saturated rings. The fraction of sp³-hybridized carbons (Fsp3) is 0.174. The topological polar surface area (TPSA) is 75.3 Å². The molecule has 9 heteroatoms. The maximum Gasteiger partial charge on any atom is 0.241 e. The number of carbonyl (C=O) groups excluding carboxylic acids is 1. The molecule has 3 aromatic rings. The SMILES string of the molecule is C[C@@H](NS(=O)(=O)c1ccc(CCC(=O)Nc2cc(Cl)c(Cl)cc2Cl)cc1)c1ccccc1. The Kier molecular flexibility index (Phi) is 8.20. The van der Waals surface area contributed by atoms with Crippen LogP contribution < -0.4 is 10.0 Å². The Balaban J connectivity index is 1.58. The minimum absolute atomic E-state index is 0.163. The number of halogens is 3. The van der Waals surface area contributed by atoms with Crippen molar-refractivity contribution in [2.45, 2.75) is 30.7 Å². The summed E-state index contributed by atoms with van der Waals surface area (Å²) in [5.74, 6) is -0.250. The normalized spacial score (nSPS) is 12.4. The first-order valence-electron chi connectivity index (χ1n) is 9.76. The molecule has 0 aliphatic rings. The molecule has 0 unspecified atom stereocenters. The molecule has 2 N–H and O–H groups in total. The summed E-state index contributed by atoms with van der Waals surface area (Å²) in [5, 5.41) is 3.59. The second-order valence-electron chi connectivity index (χ2n) is 7.19. The summed E-state index contributed by atoms with van der Waals surface area (Å²) in [6.07, 6.45) is 0.616. The van der Waals surface area contributed by atoms with E-state index in [1.54, 1.807) is 19.1 Å². The van der Waals surface area contributed by atoms with Crippen molar-refractivity contribution in [1.29, 1.82) is 0 Å². The van der Waals surface area contributed by atoms with Gasteiger partial charge in [0.25, 0.3) is 0 Å². The maximum atomic E-state index is 12.7. The van der Waals surface area contributed by atoms with E-state index in [-0.39, 0.29) is 23.3 Å². The molecular weight excluding hydrogens is 491 g/mol. The van der Waals surface area contributed by atoms with Crippen molar-refractivity contribution in [3.63, 3.8) is 0 Å². The molecule has 168 valence electrons. The zero-order valence-electron chi connectivity index (χ0n) is 17.1. The molecule has 0 aliphatic carbocycles. The van der Waals surface area contributed by atoms with E-state index in [1.807, 2.05) is 30.3 Å². The quantitative estimate of drug-likeness (QED) is 0.351. The van der Waals surface area contributed by atoms with Gasteiger partial charge in [-0.2, -0.15) is 0 Å². The minimum atomic E-state index is -3.68. The van der Waals surface area contributed by atoms with Crippen LogP contribution in [0.2, 0.25) is 15.1 Å². The number of hydrogen-bond acceptors (Lipinski definition) is 3. The number of nitrogens with one attached hydrogen (secondary N) is 2. The van der Waals surface area contributed by atoms with E-state index in [0.717, 1.165) is 11.1 Å². The van der Waals surface area contributed by atoms with Gasteiger partial charge in [0.1, 0.15) is 0 Å². The Morgan fingerprint density at radius 1 is 0.906 bits per heavy atom. The van der Waals surface area contributed by atoms with Gasteiger partial charge in [0.15, 0.2) is 0 Å². The lowest BCUT2D eigenvalue weighted by Gasteiger charge is -2.15. The number of sulfonamides is 1. The molecule has 0 aromatic heterocycles. The van der Waals surface area contributed by atoms with Crippen molar-refractivity contribution in [2.75, 3.05) is 5.32 Å². The van der Waals surface area contributed by atoms with Crippen LogP contribution in [0.4, 0.5) is 5.69 Å². The van der Waals surface area contributed by atoms with Crippen LogP contribution >= 0.6 is 34.8 Å². The fourth-order valence-corrected chi connectivity index (χ4v) is 4.86. The van der Waals surface area contributed by atoms with Crippen LogP contribution in [0.5, 0.6) is 0 Å². The number of benzene rings is 3. The Bertz CT molecular complexity index is 1200. The van der Waals surface area contributed by atoms with Crippen molar-refractivity contribution in [3.8, 4) is 0 Å². The van der Waals surface area contributed by atoms with Crippen LogP contribution in [0.3, 0.4) is 0 Å². The molecule has 0 bridgehead atoms. The molecule has 0 heterocycles. The van der Waals surface area contributed by atoms with Crippen LogP contribution in [0.25, 0.3) is 0 Å². The Labute approximate surface area is 202 Å². The average molecular weight is 512 g/mol. The van der Waals surface area contributed by atoms with Gasteiger partial charge < -0.3 is 5.32 Å². The summed E-state index contributed by atoms with van der Waals surface area (Å²) < 4.78 is 28.0. The van der Waals surface area contributed by atoms with Crippen molar-refractivity contribution >= 4 is 56.4 Å². The van der Waals surface area contributed by atoms with Crippen molar-refractivity contribution in [3.05, 3.63) is 92.9 Å². The molecule has 3 aromatic carbocycles. The number of carbonyl (C=O) groups is 1. The largest absolute Gasteiger partial charge is 0.325 e. The van der Waals surface area contributed by atoms with E-state index in [9.17, 15) is 13.2 Å². The number of anilines is 1. The highest BCUT2D eigenvalue weighted by molar-refractivity contribution is 7.89. The third kappa shape index (κ3) is 6.47. The minimum Gasteiger partial charge on any atom is -0.325 e. The van der Waals surface area contributed by atoms with E-state index < -0.39 is 10.0 Å². The predicted octanol–water partition coefficient (Wildman–Crippen LogP) is 6.26. The summed E-state index contributed by atoms with van der Waals surface area (Å²) in [4.78, 5) is 12.4. The fourth-order valence-electron chi connectivity index (χ4n) is 3.03. The van der Waals surface area contributed by atoms with Gasteiger partial charge in [0.2, 0.25) is 15.9 Å². The van der Waals surface area contributed by atoms with E-state index in [0.29, 0.717) is 27.2 Å². The molecular formula is C23H21Cl3N2O3S. The Hall–Kier alpha value is -2.09. The van der Waals surface area contributed by atoms with E-state index >= 15 is 0 Å². The molecule has 32 heavy (non-hydrogen) atoms. The maximum absolute atomic E-state index is 12.7. The molecule has 1 atom stereocenters. The first-order chi connectivity index (χ1) is 15.2. The first-order valence-corrected chi connectivity index (χ1v) is 12.4.